The van der Waals surface area contributed by atoms with E-state index in [4.69, 9.17) is 4.74 Å². The number of nitro benzene ring substituents is 1. The second kappa shape index (κ2) is 10.1. The first kappa shape index (κ1) is 24.2. The Bertz CT molecular complexity index is 1220. The molecular weight excluding hydrogens is 450 g/mol. The van der Waals surface area contributed by atoms with Crippen molar-refractivity contribution in [3.8, 4) is 0 Å². The van der Waals surface area contributed by atoms with Crippen LogP contribution in [0.4, 0.5) is 5.69 Å². The topological polar surface area (TPSA) is 122 Å². The number of carboxylic acid groups (broad SMARTS) is 1. The van der Waals surface area contributed by atoms with Crippen molar-refractivity contribution in [2.24, 2.45) is 0 Å². The van der Waals surface area contributed by atoms with E-state index < -0.39 is 22.8 Å². The molecule has 4 rings (SSSR count). The quantitative estimate of drug-likeness (QED) is 0.351. The number of hydrogen-bond acceptors (Lipinski definition) is 7. The predicted molar refractivity (Wildman–Crippen MR) is 128 cm³/mol. The van der Waals surface area contributed by atoms with Crippen LogP contribution in [0.5, 0.6) is 0 Å². The molecule has 1 fully saturated rings. The van der Waals surface area contributed by atoms with E-state index in [1.165, 1.54) is 23.8 Å². The van der Waals surface area contributed by atoms with Gasteiger partial charge in [-0.2, -0.15) is 0 Å². The number of benzene rings is 2. The van der Waals surface area contributed by atoms with Crippen LogP contribution in [0.25, 0.3) is 0 Å². The minimum Gasteiger partial charge on any atom is -0.478 e. The first-order valence-electron chi connectivity index (χ1n) is 11.4. The minimum atomic E-state index is -1.21. The van der Waals surface area contributed by atoms with Crippen molar-refractivity contribution in [3.05, 3.63) is 98.4 Å². The highest BCUT2D eigenvalue weighted by molar-refractivity contribution is 5.99. The predicted octanol–water partition coefficient (Wildman–Crippen LogP) is 3.73. The van der Waals surface area contributed by atoms with Gasteiger partial charge in [0.05, 0.1) is 22.0 Å². The number of likely N-dealkylation sites (tertiary alicyclic amines) is 1. The Kier molecular flexibility index (Phi) is 6.97. The molecule has 9 nitrogen and oxygen atoms in total. The molecule has 35 heavy (non-hydrogen) atoms. The summed E-state index contributed by atoms with van der Waals surface area (Å²) in [5, 5.41) is 24.3. The summed E-state index contributed by atoms with van der Waals surface area (Å²) >= 11 is 0. The summed E-state index contributed by atoms with van der Waals surface area (Å²) in [6.07, 6.45) is 0.332. The summed E-state index contributed by atoms with van der Waals surface area (Å²) in [6.45, 7) is 5.39. The fourth-order valence-corrected chi connectivity index (χ4v) is 4.79. The van der Waals surface area contributed by atoms with Gasteiger partial charge in [0, 0.05) is 43.2 Å². The van der Waals surface area contributed by atoms with Gasteiger partial charge in [0.1, 0.15) is 6.10 Å². The van der Waals surface area contributed by atoms with E-state index in [0.29, 0.717) is 29.9 Å². The van der Waals surface area contributed by atoms with Gasteiger partial charge in [0.2, 0.25) is 0 Å². The van der Waals surface area contributed by atoms with Crippen LogP contribution in [-0.2, 0) is 20.9 Å². The Morgan fingerprint density at radius 1 is 1.11 bits per heavy atom. The fourth-order valence-electron chi connectivity index (χ4n) is 4.79. The second-order valence-corrected chi connectivity index (χ2v) is 8.83. The van der Waals surface area contributed by atoms with Gasteiger partial charge >= 0.3 is 11.9 Å². The van der Waals surface area contributed by atoms with E-state index >= 15 is 0 Å². The highest BCUT2D eigenvalue weighted by Gasteiger charge is 2.39. The summed E-state index contributed by atoms with van der Waals surface area (Å²) in [5.74, 6) is -2.83. The molecule has 2 aromatic carbocycles. The number of esters is 1. The second-order valence-electron chi connectivity index (χ2n) is 8.83. The average molecular weight is 478 g/mol. The van der Waals surface area contributed by atoms with Crippen LogP contribution >= 0.6 is 0 Å². The number of ether oxygens (including phenoxy) is 1. The van der Waals surface area contributed by atoms with Crippen molar-refractivity contribution in [3.63, 3.8) is 0 Å². The lowest BCUT2D eigenvalue weighted by Crippen LogP contribution is -2.33. The van der Waals surface area contributed by atoms with Gasteiger partial charge in [0.15, 0.2) is 0 Å². The zero-order valence-corrected chi connectivity index (χ0v) is 19.6. The minimum absolute atomic E-state index is 0.0415. The van der Waals surface area contributed by atoms with Crippen LogP contribution in [0.2, 0.25) is 0 Å². The molecule has 2 unspecified atom stereocenters. The largest absolute Gasteiger partial charge is 0.478 e. The van der Waals surface area contributed by atoms with E-state index in [1.807, 2.05) is 30.3 Å². The number of nitrogens with zero attached hydrogens (tertiary/aromatic N) is 2. The molecule has 0 bridgehead atoms. The molecule has 2 atom stereocenters. The van der Waals surface area contributed by atoms with Gasteiger partial charge in [-0.25, -0.2) is 9.59 Å². The van der Waals surface area contributed by atoms with Crippen molar-refractivity contribution in [1.29, 1.82) is 0 Å². The molecule has 2 N–H and O–H groups in total. The SMILES string of the molecule is CC1=C(C(=O)O)C(c2cccc([N+](=O)[O-])c2)C(C(=O)OC2CCN(Cc3ccccc3)C2)=C(C)N1. The molecule has 2 aliphatic rings. The van der Waals surface area contributed by atoms with E-state index in [9.17, 15) is 24.8 Å². The Morgan fingerprint density at radius 2 is 1.83 bits per heavy atom. The number of hydrogen-bond donors (Lipinski definition) is 2. The summed E-state index contributed by atoms with van der Waals surface area (Å²) in [6, 6.07) is 15.7. The Morgan fingerprint density at radius 3 is 2.51 bits per heavy atom. The lowest BCUT2D eigenvalue weighted by molar-refractivity contribution is -0.384. The fraction of sp³-hybridized carbons (Fsp3) is 0.308. The third kappa shape index (κ3) is 5.25. The molecule has 2 aliphatic heterocycles. The van der Waals surface area contributed by atoms with Crippen LogP contribution in [0, 0.1) is 10.1 Å². The average Bonchev–Trinajstić information content (AvgIpc) is 3.25. The molecular formula is C26H27N3O6. The molecule has 2 heterocycles. The molecule has 0 spiro atoms. The van der Waals surface area contributed by atoms with Crippen LogP contribution in [0.3, 0.4) is 0 Å². The van der Waals surface area contributed by atoms with Gasteiger partial charge in [-0.15, -0.1) is 0 Å². The maximum absolute atomic E-state index is 13.4. The maximum Gasteiger partial charge on any atom is 0.337 e. The van der Waals surface area contributed by atoms with Crippen LogP contribution in [0.1, 0.15) is 37.3 Å². The van der Waals surface area contributed by atoms with Gasteiger partial charge < -0.3 is 15.2 Å². The van der Waals surface area contributed by atoms with Crippen molar-refractivity contribution in [2.45, 2.75) is 38.8 Å². The van der Waals surface area contributed by atoms with Gasteiger partial charge in [-0.1, -0.05) is 42.5 Å². The van der Waals surface area contributed by atoms with Gasteiger partial charge in [-0.05, 0) is 31.4 Å². The number of dihydropyridines is 1. The summed E-state index contributed by atoms with van der Waals surface area (Å²) in [4.78, 5) is 38.6. The van der Waals surface area contributed by atoms with Crippen molar-refractivity contribution in [2.75, 3.05) is 13.1 Å². The molecule has 9 heteroatoms. The highest BCUT2D eigenvalue weighted by Crippen LogP contribution is 2.40. The zero-order chi connectivity index (χ0) is 25.1. The number of allylic oxidation sites excluding steroid dienone is 2. The monoisotopic (exact) mass is 477 g/mol. The molecule has 0 amide bonds. The molecule has 182 valence electrons. The van der Waals surface area contributed by atoms with E-state index in [2.05, 4.69) is 10.2 Å². The number of aliphatic carboxylic acids is 1. The number of nitrogens with one attached hydrogen (secondary N) is 1. The van der Waals surface area contributed by atoms with E-state index in [0.717, 1.165) is 13.1 Å². The summed E-state index contributed by atoms with van der Waals surface area (Å²) in [5.41, 5.74) is 2.29. The molecule has 0 aromatic heterocycles. The first-order chi connectivity index (χ1) is 16.7. The Labute approximate surface area is 202 Å². The third-order valence-electron chi connectivity index (χ3n) is 6.38. The number of nitro groups is 1. The van der Waals surface area contributed by atoms with Crippen molar-refractivity contribution in [1.82, 2.24) is 10.2 Å². The Balaban J connectivity index is 1.58. The van der Waals surface area contributed by atoms with Gasteiger partial charge in [-0.3, -0.25) is 15.0 Å². The molecule has 0 aliphatic carbocycles. The van der Waals surface area contributed by atoms with Crippen molar-refractivity contribution >= 4 is 17.6 Å². The Hall–Kier alpha value is -3.98. The number of carbonyl (C=O) groups excluding carboxylic acids is 1. The van der Waals surface area contributed by atoms with Crippen LogP contribution < -0.4 is 5.32 Å². The van der Waals surface area contributed by atoms with Crippen LogP contribution in [-0.4, -0.2) is 46.1 Å². The number of carbonyl (C=O) groups is 2. The lowest BCUT2D eigenvalue weighted by Gasteiger charge is -2.30. The first-order valence-corrected chi connectivity index (χ1v) is 11.4. The van der Waals surface area contributed by atoms with Crippen LogP contribution in [0.15, 0.2) is 77.1 Å². The number of non-ortho nitro benzene ring substituents is 1. The lowest BCUT2D eigenvalue weighted by atomic mass is 9.80. The van der Waals surface area contributed by atoms with E-state index in [-0.39, 0.29) is 22.9 Å². The van der Waals surface area contributed by atoms with Gasteiger partial charge in [0.25, 0.3) is 5.69 Å². The third-order valence-corrected chi connectivity index (χ3v) is 6.38. The molecule has 1 saturated heterocycles. The number of carboxylic acids is 1. The van der Waals surface area contributed by atoms with Crippen molar-refractivity contribution < 1.29 is 24.4 Å². The maximum atomic E-state index is 13.4. The number of rotatable bonds is 7. The zero-order valence-electron chi connectivity index (χ0n) is 19.6. The summed E-state index contributed by atoms with van der Waals surface area (Å²) < 4.78 is 5.85. The molecule has 0 saturated carbocycles. The van der Waals surface area contributed by atoms with E-state index in [1.54, 1.807) is 19.9 Å². The highest BCUT2D eigenvalue weighted by atomic mass is 16.6. The normalized spacial score (nSPS) is 20.5. The summed E-state index contributed by atoms with van der Waals surface area (Å²) in [7, 11) is 0. The molecule has 2 aromatic rings. The molecule has 0 radical (unpaired) electrons. The standard InChI is InChI=1S/C26H27N3O6/c1-16-22(25(30)31)24(19-9-6-10-20(13-19)29(33)34)23(17(2)27-16)26(32)35-21-11-12-28(15-21)14-18-7-4-3-5-8-18/h3-10,13,21,24,27H,11-12,14-15H2,1-2H3,(H,30,31). The smallest absolute Gasteiger partial charge is 0.337 e.